The van der Waals surface area contributed by atoms with Crippen molar-refractivity contribution in [3.8, 4) is 0 Å². The van der Waals surface area contributed by atoms with E-state index < -0.39 is 5.92 Å². The second-order valence-corrected chi connectivity index (χ2v) is 3.99. The minimum atomic E-state index is -2.81. The van der Waals surface area contributed by atoms with E-state index in [4.69, 9.17) is 0 Å². The maximum absolute atomic E-state index is 12.9. The first-order valence-corrected chi connectivity index (χ1v) is 4.62. The van der Waals surface area contributed by atoms with Gasteiger partial charge in [-0.1, -0.05) is 13.8 Å². The Labute approximate surface area is 74.4 Å². The van der Waals surface area contributed by atoms with Crippen LogP contribution in [0.15, 0.2) is 5.51 Å². The Balaban J connectivity index is 3.08. The fourth-order valence-corrected chi connectivity index (χ4v) is 1.88. The molecule has 0 aliphatic rings. The molecule has 0 saturated carbocycles. The first-order chi connectivity index (χ1) is 5.43. The summed E-state index contributed by atoms with van der Waals surface area (Å²) in [7, 11) is 0. The first kappa shape index (κ1) is 9.58. The highest BCUT2D eigenvalue weighted by Crippen LogP contribution is 2.34. The Hall–Kier alpha value is -0.510. The van der Waals surface area contributed by atoms with Crippen LogP contribution >= 0.6 is 11.3 Å². The molecule has 1 heterocycles. The molecule has 68 valence electrons. The standard InChI is InChI=1S/C8H11F2NS/c1-5(2)6-7(8(3,9)10)11-4-12-6/h4-5H,1-3H3. The predicted octanol–water partition coefficient (Wildman–Crippen LogP) is 3.38. The van der Waals surface area contributed by atoms with Gasteiger partial charge in [-0.15, -0.1) is 11.3 Å². The SMILES string of the molecule is CC(C)c1scnc1C(C)(F)F. The molecule has 1 aromatic rings. The molecule has 0 amide bonds. The van der Waals surface area contributed by atoms with E-state index >= 15 is 0 Å². The molecule has 0 aromatic carbocycles. The summed E-state index contributed by atoms with van der Waals surface area (Å²) >= 11 is 1.29. The molecule has 0 fully saturated rings. The molecule has 0 unspecified atom stereocenters. The van der Waals surface area contributed by atoms with Gasteiger partial charge < -0.3 is 0 Å². The molecule has 0 bridgehead atoms. The highest BCUT2D eigenvalue weighted by Gasteiger charge is 2.31. The topological polar surface area (TPSA) is 12.9 Å². The van der Waals surface area contributed by atoms with E-state index in [0.29, 0.717) is 4.88 Å². The molecular formula is C8H11F2NS. The monoisotopic (exact) mass is 191 g/mol. The van der Waals surface area contributed by atoms with Crippen LogP contribution in [0.4, 0.5) is 8.78 Å². The molecule has 0 radical (unpaired) electrons. The Kier molecular flexibility index (Phi) is 2.46. The second kappa shape index (κ2) is 3.09. The van der Waals surface area contributed by atoms with Crippen molar-refractivity contribution in [2.24, 2.45) is 0 Å². The van der Waals surface area contributed by atoms with Crippen LogP contribution < -0.4 is 0 Å². The van der Waals surface area contributed by atoms with Crippen LogP contribution in [0.5, 0.6) is 0 Å². The summed E-state index contributed by atoms with van der Waals surface area (Å²) in [5.74, 6) is -2.68. The molecule has 1 aromatic heterocycles. The predicted molar refractivity (Wildman–Crippen MR) is 45.8 cm³/mol. The zero-order valence-electron chi connectivity index (χ0n) is 7.27. The van der Waals surface area contributed by atoms with Gasteiger partial charge >= 0.3 is 0 Å². The average molecular weight is 191 g/mol. The lowest BCUT2D eigenvalue weighted by Crippen LogP contribution is -2.10. The van der Waals surface area contributed by atoms with E-state index in [1.165, 1.54) is 16.8 Å². The Morgan fingerprint density at radius 2 is 2.08 bits per heavy atom. The van der Waals surface area contributed by atoms with Crippen LogP contribution in [0.2, 0.25) is 0 Å². The van der Waals surface area contributed by atoms with Crippen LogP contribution in [0, 0.1) is 0 Å². The van der Waals surface area contributed by atoms with Gasteiger partial charge in [-0.2, -0.15) is 8.78 Å². The number of rotatable bonds is 2. The summed E-state index contributed by atoms with van der Waals surface area (Å²) < 4.78 is 25.7. The molecule has 0 aliphatic heterocycles. The van der Waals surface area contributed by atoms with Crippen molar-refractivity contribution < 1.29 is 8.78 Å². The molecular weight excluding hydrogens is 180 g/mol. The van der Waals surface area contributed by atoms with E-state index in [2.05, 4.69) is 4.98 Å². The smallest absolute Gasteiger partial charge is 0.243 e. The van der Waals surface area contributed by atoms with E-state index in [1.54, 1.807) is 0 Å². The van der Waals surface area contributed by atoms with Crippen LogP contribution in [0.25, 0.3) is 0 Å². The first-order valence-electron chi connectivity index (χ1n) is 3.74. The number of halogens is 2. The lowest BCUT2D eigenvalue weighted by Gasteiger charge is -2.11. The van der Waals surface area contributed by atoms with Crippen LogP contribution in [-0.4, -0.2) is 4.98 Å². The van der Waals surface area contributed by atoms with Crippen molar-refractivity contribution in [3.05, 3.63) is 16.1 Å². The quantitative estimate of drug-likeness (QED) is 0.698. The molecule has 0 N–H and O–H groups in total. The number of thiazole rings is 1. The largest absolute Gasteiger partial charge is 0.288 e. The fourth-order valence-electron chi connectivity index (χ4n) is 0.994. The summed E-state index contributed by atoms with van der Waals surface area (Å²) in [4.78, 5) is 4.36. The summed E-state index contributed by atoms with van der Waals surface area (Å²) in [6.45, 7) is 4.67. The number of aromatic nitrogens is 1. The van der Waals surface area contributed by atoms with E-state index in [9.17, 15) is 8.78 Å². The number of hydrogen-bond acceptors (Lipinski definition) is 2. The maximum atomic E-state index is 12.9. The fraction of sp³-hybridized carbons (Fsp3) is 0.625. The summed E-state index contributed by atoms with van der Waals surface area (Å²) in [5, 5.41) is 0. The highest BCUT2D eigenvalue weighted by atomic mass is 32.1. The summed E-state index contributed by atoms with van der Waals surface area (Å²) in [6.07, 6.45) is 0. The van der Waals surface area contributed by atoms with Gasteiger partial charge in [-0.05, 0) is 5.92 Å². The number of hydrogen-bond donors (Lipinski definition) is 0. The number of nitrogens with zero attached hydrogens (tertiary/aromatic N) is 1. The molecule has 0 spiro atoms. The zero-order valence-corrected chi connectivity index (χ0v) is 8.08. The molecule has 0 atom stereocenters. The van der Waals surface area contributed by atoms with Crippen molar-refractivity contribution in [1.82, 2.24) is 4.98 Å². The molecule has 4 heteroatoms. The van der Waals surface area contributed by atoms with Crippen molar-refractivity contribution >= 4 is 11.3 Å². The lowest BCUT2D eigenvalue weighted by molar-refractivity contribution is 0.0123. The van der Waals surface area contributed by atoms with Gasteiger partial charge in [-0.3, -0.25) is 0 Å². The minimum Gasteiger partial charge on any atom is -0.243 e. The minimum absolute atomic E-state index is 0.0671. The zero-order chi connectivity index (χ0) is 9.35. The van der Waals surface area contributed by atoms with Crippen LogP contribution in [0.1, 0.15) is 37.3 Å². The summed E-state index contributed by atoms with van der Waals surface area (Å²) in [5.41, 5.74) is 1.41. The van der Waals surface area contributed by atoms with Gasteiger partial charge in [0.05, 0.1) is 5.51 Å². The van der Waals surface area contributed by atoms with Crippen molar-refractivity contribution in [3.63, 3.8) is 0 Å². The third-order valence-electron chi connectivity index (χ3n) is 1.54. The van der Waals surface area contributed by atoms with Gasteiger partial charge in [0.15, 0.2) is 0 Å². The van der Waals surface area contributed by atoms with E-state index in [-0.39, 0.29) is 11.6 Å². The summed E-state index contributed by atoms with van der Waals surface area (Å²) in [6, 6.07) is 0. The van der Waals surface area contributed by atoms with Crippen LogP contribution in [0.3, 0.4) is 0 Å². The van der Waals surface area contributed by atoms with Crippen molar-refractivity contribution in [2.45, 2.75) is 32.6 Å². The average Bonchev–Trinajstić information content (AvgIpc) is 2.30. The molecule has 0 saturated heterocycles. The maximum Gasteiger partial charge on any atom is 0.288 e. The second-order valence-electron chi connectivity index (χ2n) is 3.11. The van der Waals surface area contributed by atoms with E-state index in [1.807, 2.05) is 13.8 Å². The molecule has 1 nitrogen and oxygen atoms in total. The highest BCUT2D eigenvalue weighted by molar-refractivity contribution is 7.09. The third kappa shape index (κ3) is 1.80. The van der Waals surface area contributed by atoms with Crippen LogP contribution in [-0.2, 0) is 5.92 Å². The Morgan fingerprint density at radius 1 is 1.50 bits per heavy atom. The Morgan fingerprint density at radius 3 is 2.42 bits per heavy atom. The van der Waals surface area contributed by atoms with Crippen molar-refractivity contribution in [2.75, 3.05) is 0 Å². The number of alkyl halides is 2. The molecule has 0 aliphatic carbocycles. The van der Waals surface area contributed by atoms with Gasteiger partial charge in [0.2, 0.25) is 0 Å². The normalized spacial score (nSPS) is 12.5. The van der Waals surface area contributed by atoms with Crippen molar-refractivity contribution in [1.29, 1.82) is 0 Å². The lowest BCUT2D eigenvalue weighted by atomic mass is 10.1. The van der Waals surface area contributed by atoms with E-state index in [0.717, 1.165) is 6.92 Å². The van der Waals surface area contributed by atoms with Gasteiger partial charge in [0, 0.05) is 11.8 Å². The molecule has 1 rings (SSSR count). The van der Waals surface area contributed by atoms with Gasteiger partial charge in [-0.25, -0.2) is 4.98 Å². The molecule has 12 heavy (non-hydrogen) atoms. The van der Waals surface area contributed by atoms with Gasteiger partial charge in [0.1, 0.15) is 5.69 Å². The third-order valence-corrected chi connectivity index (χ3v) is 2.66. The Bertz CT molecular complexity index is 262. The van der Waals surface area contributed by atoms with Gasteiger partial charge in [0.25, 0.3) is 5.92 Å².